The minimum Gasteiger partial charge on any atom is -0.241 e. The Bertz CT molecular complexity index is 62.8. The van der Waals surface area contributed by atoms with E-state index in [1.165, 1.54) is 0 Å². The van der Waals surface area contributed by atoms with Gasteiger partial charge >= 0.3 is 0 Å². The van der Waals surface area contributed by atoms with Gasteiger partial charge in [0.2, 0.25) is 0 Å². The van der Waals surface area contributed by atoms with Gasteiger partial charge in [0.25, 0.3) is 0 Å². The van der Waals surface area contributed by atoms with Crippen LogP contribution in [0.4, 0.5) is 0 Å². The van der Waals surface area contributed by atoms with Crippen molar-refractivity contribution in [3.05, 3.63) is 6.42 Å². The van der Waals surface area contributed by atoms with Crippen molar-refractivity contribution in [2.75, 3.05) is 13.1 Å². The van der Waals surface area contributed by atoms with E-state index in [1.54, 1.807) is 0 Å². The Morgan fingerprint density at radius 2 is 1.75 bits per heavy atom. The zero-order valence-electron chi connectivity index (χ0n) is 5.59. The molecule has 2 atom stereocenters. The third-order valence-corrected chi connectivity index (χ3v) is 1.49. The Hall–Kier alpha value is -0.0400. The predicted molar refractivity (Wildman–Crippen MR) is 34.5 cm³/mol. The van der Waals surface area contributed by atoms with E-state index in [0.29, 0.717) is 0 Å². The molecule has 1 aliphatic heterocycles. The van der Waals surface area contributed by atoms with Gasteiger partial charge in [-0.3, -0.25) is 0 Å². The Morgan fingerprint density at radius 1 is 1.25 bits per heavy atom. The normalized spacial score (nSPS) is 39.8. The first-order valence-corrected chi connectivity index (χ1v) is 3.27. The van der Waals surface area contributed by atoms with Crippen LogP contribution in [0.2, 0.25) is 0 Å². The van der Waals surface area contributed by atoms with Crippen LogP contribution in [0.5, 0.6) is 0 Å². The minimum absolute atomic E-state index is 0.721. The molecule has 0 aromatic heterocycles. The summed E-state index contributed by atoms with van der Waals surface area (Å²) < 4.78 is 0. The topological polar surface area (TPSA) is 14.1 Å². The molecular formula is C7H13N. The lowest BCUT2D eigenvalue weighted by molar-refractivity contribution is 0.409. The number of rotatable bonds is 0. The molecule has 0 aromatic carbocycles. The van der Waals surface area contributed by atoms with Crippen LogP contribution in [0.1, 0.15) is 13.8 Å². The second-order valence-electron chi connectivity index (χ2n) is 2.74. The van der Waals surface area contributed by atoms with Crippen LogP contribution >= 0.6 is 0 Å². The van der Waals surface area contributed by atoms with E-state index in [9.17, 15) is 0 Å². The quantitative estimate of drug-likeness (QED) is 0.444. The number of hydrogen-bond donors (Lipinski definition) is 0. The standard InChI is InChI=1S/C7H13N/c1-6-3-7(2)5-8-4-6/h3,6-7H,4-5H2,1-2H3. The third kappa shape index (κ3) is 1.48. The van der Waals surface area contributed by atoms with Gasteiger partial charge in [-0.1, -0.05) is 13.8 Å². The van der Waals surface area contributed by atoms with Gasteiger partial charge in [0, 0.05) is 13.1 Å². The molecule has 2 unspecified atom stereocenters. The maximum Gasteiger partial charge on any atom is 0.0162 e. The minimum atomic E-state index is 0.721. The van der Waals surface area contributed by atoms with E-state index in [4.69, 9.17) is 0 Å². The van der Waals surface area contributed by atoms with Crippen molar-refractivity contribution in [1.82, 2.24) is 5.32 Å². The highest BCUT2D eigenvalue weighted by molar-refractivity contribution is 4.85. The highest BCUT2D eigenvalue weighted by Crippen LogP contribution is 2.13. The fraction of sp³-hybridized carbons (Fsp3) is 0.857. The SMILES string of the molecule is CC1[CH]C(C)C[N]C1. The molecule has 1 saturated heterocycles. The highest BCUT2D eigenvalue weighted by atomic mass is 14.9. The van der Waals surface area contributed by atoms with Gasteiger partial charge in [-0.05, 0) is 18.3 Å². The summed E-state index contributed by atoms with van der Waals surface area (Å²) in [6.45, 7) is 6.53. The van der Waals surface area contributed by atoms with E-state index >= 15 is 0 Å². The van der Waals surface area contributed by atoms with Gasteiger partial charge in [0.1, 0.15) is 0 Å². The fourth-order valence-electron chi connectivity index (χ4n) is 1.16. The predicted octanol–water partition coefficient (Wildman–Crippen LogP) is 1.08. The molecule has 1 nitrogen and oxygen atoms in total. The largest absolute Gasteiger partial charge is 0.241 e. The Labute approximate surface area is 51.5 Å². The van der Waals surface area contributed by atoms with Crippen molar-refractivity contribution in [3.63, 3.8) is 0 Å². The first-order valence-electron chi connectivity index (χ1n) is 3.27. The van der Waals surface area contributed by atoms with Crippen molar-refractivity contribution < 1.29 is 0 Å². The Balaban J connectivity index is 2.23. The van der Waals surface area contributed by atoms with E-state index in [-0.39, 0.29) is 0 Å². The summed E-state index contributed by atoms with van der Waals surface area (Å²) in [7, 11) is 0. The van der Waals surface area contributed by atoms with E-state index < -0.39 is 0 Å². The maximum absolute atomic E-state index is 4.31. The molecule has 0 spiro atoms. The van der Waals surface area contributed by atoms with E-state index in [2.05, 4.69) is 25.6 Å². The van der Waals surface area contributed by atoms with Crippen LogP contribution in [-0.2, 0) is 0 Å². The van der Waals surface area contributed by atoms with Crippen molar-refractivity contribution in [3.8, 4) is 0 Å². The summed E-state index contributed by atoms with van der Waals surface area (Å²) in [5.74, 6) is 1.44. The summed E-state index contributed by atoms with van der Waals surface area (Å²) in [5, 5.41) is 4.31. The summed E-state index contributed by atoms with van der Waals surface area (Å²) in [4.78, 5) is 0. The summed E-state index contributed by atoms with van der Waals surface area (Å²) in [6, 6.07) is 0. The molecule has 1 heteroatoms. The van der Waals surface area contributed by atoms with Crippen molar-refractivity contribution in [1.29, 1.82) is 0 Å². The molecule has 8 heavy (non-hydrogen) atoms. The molecular weight excluding hydrogens is 98.1 g/mol. The van der Waals surface area contributed by atoms with Crippen LogP contribution in [0.3, 0.4) is 0 Å². The second kappa shape index (κ2) is 2.49. The summed E-state index contributed by atoms with van der Waals surface area (Å²) in [5.41, 5.74) is 0. The van der Waals surface area contributed by atoms with Crippen LogP contribution < -0.4 is 5.32 Å². The van der Waals surface area contributed by atoms with Crippen LogP contribution in [-0.4, -0.2) is 13.1 Å². The third-order valence-electron chi connectivity index (χ3n) is 1.49. The number of piperidine rings is 1. The Kier molecular flexibility index (Phi) is 1.90. The molecule has 1 fully saturated rings. The molecule has 0 saturated carbocycles. The molecule has 0 bridgehead atoms. The maximum atomic E-state index is 4.31. The van der Waals surface area contributed by atoms with Crippen LogP contribution in [0.15, 0.2) is 0 Å². The highest BCUT2D eigenvalue weighted by Gasteiger charge is 2.14. The molecule has 46 valence electrons. The summed E-state index contributed by atoms with van der Waals surface area (Å²) >= 11 is 0. The molecule has 1 rings (SSSR count). The lowest BCUT2D eigenvalue weighted by Gasteiger charge is -2.22. The van der Waals surface area contributed by atoms with Crippen LogP contribution in [0.25, 0.3) is 0 Å². The van der Waals surface area contributed by atoms with Gasteiger partial charge in [0.05, 0.1) is 0 Å². The van der Waals surface area contributed by atoms with Crippen molar-refractivity contribution >= 4 is 0 Å². The first kappa shape index (κ1) is 6.09. The van der Waals surface area contributed by atoms with Crippen molar-refractivity contribution in [2.24, 2.45) is 11.8 Å². The second-order valence-corrected chi connectivity index (χ2v) is 2.74. The molecule has 0 amide bonds. The average molecular weight is 111 g/mol. The van der Waals surface area contributed by atoms with Crippen molar-refractivity contribution in [2.45, 2.75) is 13.8 Å². The monoisotopic (exact) mass is 111 g/mol. The Morgan fingerprint density at radius 3 is 2.00 bits per heavy atom. The molecule has 1 aliphatic rings. The summed E-state index contributed by atoms with van der Waals surface area (Å²) in [6.07, 6.45) is 2.38. The first-order chi connectivity index (χ1) is 3.79. The van der Waals surface area contributed by atoms with Gasteiger partial charge in [-0.15, -0.1) is 0 Å². The van der Waals surface area contributed by atoms with E-state index in [0.717, 1.165) is 24.9 Å². The molecule has 0 aromatic rings. The molecule has 0 N–H and O–H groups in total. The molecule has 1 heterocycles. The average Bonchev–Trinajstić information content (AvgIpc) is 1.64. The van der Waals surface area contributed by atoms with Gasteiger partial charge < -0.3 is 0 Å². The van der Waals surface area contributed by atoms with Gasteiger partial charge in [-0.25, -0.2) is 5.32 Å². The zero-order valence-corrected chi connectivity index (χ0v) is 5.59. The number of hydrogen-bond acceptors (Lipinski definition) is 0. The fourth-order valence-corrected chi connectivity index (χ4v) is 1.16. The van der Waals surface area contributed by atoms with E-state index in [1.807, 2.05) is 0 Å². The van der Waals surface area contributed by atoms with Gasteiger partial charge in [0.15, 0.2) is 0 Å². The lowest BCUT2D eigenvalue weighted by atomic mass is 9.94. The smallest absolute Gasteiger partial charge is 0.0162 e. The van der Waals surface area contributed by atoms with Gasteiger partial charge in [-0.2, -0.15) is 0 Å². The molecule has 2 radical (unpaired) electrons. The zero-order chi connectivity index (χ0) is 5.98. The van der Waals surface area contributed by atoms with Crippen LogP contribution in [0, 0.1) is 18.3 Å². The number of nitrogens with zero attached hydrogens (tertiary/aromatic N) is 1. The molecule has 0 aliphatic carbocycles. The lowest BCUT2D eigenvalue weighted by Crippen LogP contribution is -2.28.